The highest BCUT2D eigenvalue weighted by molar-refractivity contribution is 6.33. The number of carbonyl (C=O) groups is 2. The molecule has 1 unspecified atom stereocenters. The van der Waals surface area contributed by atoms with Gasteiger partial charge in [-0.25, -0.2) is 4.98 Å². The molecule has 3 rings (SSSR count). The third kappa shape index (κ3) is 6.00. The minimum absolute atomic E-state index is 0.0922. The largest absolute Gasteiger partial charge is 0.417 e. The molecule has 1 aliphatic heterocycles. The van der Waals surface area contributed by atoms with Crippen LogP contribution >= 0.6 is 11.6 Å². The first-order chi connectivity index (χ1) is 15.1. The summed E-state index contributed by atoms with van der Waals surface area (Å²) in [7, 11) is 0. The lowest BCUT2D eigenvalue weighted by molar-refractivity contribution is -0.138. The molecule has 6 nitrogen and oxygen atoms in total. The van der Waals surface area contributed by atoms with E-state index in [1.165, 1.54) is 6.08 Å². The lowest BCUT2D eigenvalue weighted by Gasteiger charge is -2.36. The van der Waals surface area contributed by atoms with E-state index in [0.29, 0.717) is 26.2 Å². The number of anilines is 1. The monoisotopic (exact) mass is 466 g/mol. The topological polar surface area (TPSA) is 65.5 Å². The Balaban J connectivity index is 1.52. The highest BCUT2D eigenvalue weighted by Gasteiger charge is 2.33. The molecule has 2 heterocycles. The Hall–Kier alpha value is -3.07. The second-order valence-corrected chi connectivity index (χ2v) is 7.72. The van der Waals surface area contributed by atoms with Gasteiger partial charge in [0, 0.05) is 38.5 Å². The number of alkyl halides is 3. The van der Waals surface area contributed by atoms with Gasteiger partial charge in [0.1, 0.15) is 11.9 Å². The number of rotatable bonds is 5. The van der Waals surface area contributed by atoms with Crippen molar-refractivity contribution in [2.75, 3.05) is 31.1 Å². The van der Waals surface area contributed by atoms with E-state index in [2.05, 4.69) is 10.3 Å². The zero-order valence-electron chi connectivity index (χ0n) is 17.3. The van der Waals surface area contributed by atoms with Gasteiger partial charge in [0.15, 0.2) is 0 Å². The van der Waals surface area contributed by atoms with Gasteiger partial charge in [-0.3, -0.25) is 9.59 Å². The van der Waals surface area contributed by atoms with E-state index < -0.39 is 17.8 Å². The van der Waals surface area contributed by atoms with Gasteiger partial charge >= 0.3 is 6.18 Å². The first-order valence-electron chi connectivity index (χ1n) is 9.95. The van der Waals surface area contributed by atoms with Gasteiger partial charge in [-0.2, -0.15) is 13.2 Å². The normalized spacial score (nSPS) is 15.7. The standard InChI is InChI=1S/C22H22ClF3N4O2/c1-15(28-19(31)8-7-16-5-3-2-4-6-16)21(32)30-11-9-29(10-12-30)20-18(23)13-17(14-27-20)22(24,25)26/h2-8,13-15H,9-12H2,1H3,(H,28,31)/b8-7+. The summed E-state index contributed by atoms with van der Waals surface area (Å²) < 4.78 is 38.4. The Kier molecular flexibility index (Phi) is 7.40. The van der Waals surface area contributed by atoms with E-state index in [9.17, 15) is 22.8 Å². The molecule has 10 heteroatoms. The molecule has 2 aromatic rings. The van der Waals surface area contributed by atoms with Crippen LogP contribution in [-0.2, 0) is 15.8 Å². The molecule has 2 amide bonds. The molecule has 170 valence electrons. The maximum atomic E-state index is 12.8. The molecule has 0 bridgehead atoms. The molecule has 32 heavy (non-hydrogen) atoms. The fourth-order valence-electron chi connectivity index (χ4n) is 3.29. The lowest BCUT2D eigenvalue weighted by Crippen LogP contribution is -2.54. The Bertz CT molecular complexity index is 990. The van der Waals surface area contributed by atoms with Crippen LogP contribution in [0.2, 0.25) is 5.02 Å². The van der Waals surface area contributed by atoms with Crippen molar-refractivity contribution in [2.45, 2.75) is 19.1 Å². The average Bonchev–Trinajstić information content (AvgIpc) is 2.77. The van der Waals surface area contributed by atoms with Gasteiger partial charge in [-0.15, -0.1) is 0 Å². The number of carbonyl (C=O) groups excluding carboxylic acids is 2. The van der Waals surface area contributed by atoms with Gasteiger partial charge in [0.25, 0.3) is 0 Å². The van der Waals surface area contributed by atoms with Crippen LogP contribution < -0.4 is 10.2 Å². The van der Waals surface area contributed by atoms with Crippen molar-refractivity contribution in [1.29, 1.82) is 0 Å². The number of aromatic nitrogens is 1. The zero-order chi connectivity index (χ0) is 23.3. The van der Waals surface area contributed by atoms with Crippen LogP contribution in [0, 0.1) is 0 Å². The predicted octanol–water partition coefficient (Wildman–Crippen LogP) is 3.62. The number of hydrogen-bond acceptors (Lipinski definition) is 4. The average molecular weight is 467 g/mol. The summed E-state index contributed by atoms with van der Waals surface area (Å²) in [5, 5.41) is 2.56. The molecule has 0 spiro atoms. The van der Waals surface area contributed by atoms with Crippen LogP contribution in [0.3, 0.4) is 0 Å². The predicted molar refractivity (Wildman–Crippen MR) is 116 cm³/mol. The van der Waals surface area contributed by atoms with Crippen molar-refractivity contribution in [1.82, 2.24) is 15.2 Å². The molecule has 1 aromatic carbocycles. The Morgan fingerprint density at radius 3 is 2.41 bits per heavy atom. The molecule has 0 radical (unpaired) electrons. The number of nitrogens with zero attached hydrogens (tertiary/aromatic N) is 3. The van der Waals surface area contributed by atoms with E-state index in [1.807, 2.05) is 30.3 Å². The van der Waals surface area contributed by atoms with E-state index >= 15 is 0 Å². The van der Waals surface area contributed by atoms with E-state index in [-0.39, 0.29) is 22.7 Å². The number of amides is 2. The maximum Gasteiger partial charge on any atom is 0.417 e. The van der Waals surface area contributed by atoms with Crippen molar-refractivity contribution >= 4 is 35.3 Å². The summed E-state index contributed by atoms with van der Waals surface area (Å²) in [6.07, 6.45) is -0.738. The number of benzene rings is 1. The van der Waals surface area contributed by atoms with Crippen molar-refractivity contribution in [3.8, 4) is 0 Å². The van der Waals surface area contributed by atoms with Crippen LogP contribution in [0.5, 0.6) is 0 Å². The smallest absolute Gasteiger partial charge is 0.352 e. The second-order valence-electron chi connectivity index (χ2n) is 7.31. The van der Waals surface area contributed by atoms with Crippen LogP contribution in [0.1, 0.15) is 18.1 Å². The second kappa shape index (κ2) is 10.0. The minimum Gasteiger partial charge on any atom is -0.352 e. The minimum atomic E-state index is -4.52. The van der Waals surface area contributed by atoms with Crippen LogP contribution in [0.25, 0.3) is 6.08 Å². The number of hydrogen-bond donors (Lipinski definition) is 1. The third-order valence-electron chi connectivity index (χ3n) is 5.00. The zero-order valence-corrected chi connectivity index (χ0v) is 18.0. The van der Waals surface area contributed by atoms with Crippen LogP contribution in [0.4, 0.5) is 19.0 Å². The van der Waals surface area contributed by atoms with Crippen molar-refractivity contribution in [3.05, 3.63) is 64.8 Å². The first kappa shape index (κ1) is 23.6. The molecule has 0 saturated carbocycles. The molecule has 1 aliphatic rings. The SMILES string of the molecule is CC(NC(=O)/C=C/c1ccccc1)C(=O)N1CCN(c2ncc(C(F)(F)F)cc2Cl)CC1. The van der Waals surface area contributed by atoms with Crippen LogP contribution in [-0.4, -0.2) is 53.9 Å². The van der Waals surface area contributed by atoms with E-state index in [4.69, 9.17) is 11.6 Å². The summed E-state index contributed by atoms with van der Waals surface area (Å²) in [6.45, 7) is 2.99. The molecule has 1 N–H and O–H groups in total. The fourth-order valence-corrected chi connectivity index (χ4v) is 3.58. The first-order valence-corrected chi connectivity index (χ1v) is 10.3. The quantitative estimate of drug-likeness (QED) is 0.684. The highest BCUT2D eigenvalue weighted by atomic mass is 35.5. The summed E-state index contributed by atoms with van der Waals surface area (Å²) in [6, 6.07) is 9.43. The Labute approximate surface area is 188 Å². The molecule has 0 aliphatic carbocycles. The number of nitrogens with one attached hydrogen (secondary N) is 1. The lowest BCUT2D eigenvalue weighted by atomic mass is 10.2. The summed E-state index contributed by atoms with van der Waals surface area (Å²) >= 11 is 6.01. The van der Waals surface area contributed by atoms with Gasteiger partial charge in [-0.1, -0.05) is 41.9 Å². The van der Waals surface area contributed by atoms with Crippen molar-refractivity contribution in [2.24, 2.45) is 0 Å². The molecule has 1 atom stereocenters. The van der Waals surface area contributed by atoms with Gasteiger partial charge < -0.3 is 15.1 Å². The number of piperazine rings is 1. The Morgan fingerprint density at radius 1 is 1.16 bits per heavy atom. The van der Waals surface area contributed by atoms with Crippen molar-refractivity contribution in [3.63, 3.8) is 0 Å². The molecular weight excluding hydrogens is 445 g/mol. The summed E-state index contributed by atoms with van der Waals surface area (Å²) in [5.41, 5.74) is -0.0424. The van der Waals surface area contributed by atoms with Gasteiger partial charge in [0.05, 0.1) is 10.6 Å². The number of halogens is 4. The molecule has 1 aromatic heterocycles. The molecular formula is C22H22ClF3N4O2. The number of pyridine rings is 1. The molecule has 1 fully saturated rings. The molecule has 1 saturated heterocycles. The van der Waals surface area contributed by atoms with E-state index in [0.717, 1.165) is 17.8 Å². The fraction of sp³-hybridized carbons (Fsp3) is 0.318. The summed E-state index contributed by atoms with van der Waals surface area (Å²) in [4.78, 5) is 32.0. The van der Waals surface area contributed by atoms with Crippen LogP contribution in [0.15, 0.2) is 48.7 Å². The summed E-state index contributed by atoms with van der Waals surface area (Å²) in [5.74, 6) is -0.370. The van der Waals surface area contributed by atoms with E-state index in [1.54, 1.807) is 22.8 Å². The Morgan fingerprint density at radius 2 is 1.81 bits per heavy atom. The maximum absolute atomic E-state index is 12.8. The van der Waals surface area contributed by atoms with Gasteiger partial charge in [-0.05, 0) is 24.6 Å². The van der Waals surface area contributed by atoms with Gasteiger partial charge in [0.2, 0.25) is 11.8 Å². The highest BCUT2D eigenvalue weighted by Crippen LogP contribution is 2.33. The third-order valence-corrected chi connectivity index (χ3v) is 5.27. The van der Waals surface area contributed by atoms with Crippen molar-refractivity contribution < 1.29 is 22.8 Å².